The molecule has 0 saturated heterocycles. The van der Waals surface area contributed by atoms with Crippen molar-refractivity contribution in [2.24, 2.45) is 12.8 Å². The second kappa shape index (κ2) is 5.11. The summed E-state index contributed by atoms with van der Waals surface area (Å²) in [6.45, 7) is 1.93. The highest BCUT2D eigenvalue weighted by atomic mass is 16.1. The maximum atomic E-state index is 12.2. The van der Waals surface area contributed by atoms with Gasteiger partial charge in [-0.15, -0.1) is 0 Å². The molecule has 0 spiro atoms. The second-order valence-corrected chi connectivity index (χ2v) is 6.10. The van der Waals surface area contributed by atoms with Gasteiger partial charge in [-0.2, -0.15) is 5.10 Å². The minimum atomic E-state index is -0.328. The lowest BCUT2D eigenvalue weighted by Gasteiger charge is -2.22. The maximum absolute atomic E-state index is 12.2. The highest BCUT2D eigenvalue weighted by Gasteiger charge is 2.31. The van der Waals surface area contributed by atoms with Crippen LogP contribution >= 0.6 is 0 Å². The Morgan fingerprint density at radius 2 is 2.19 bits per heavy atom. The maximum Gasteiger partial charge on any atom is 0.226 e. The number of nitrogens with one attached hydrogen (secondary N) is 1. The fourth-order valence-corrected chi connectivity index (χ4v) is 3.16. The molecule has 2 aromatic heterocycles. The van der Waals surface area contributed by atoms with Crippen molar-refractivity contribution in [1.82, 2.24) is 14.8 Å². The van der Waals surface area contributed by atoms with E-state index >= 15 is 0 Å². The Morgan fingerprint density at radius 3 is 2.90 bits per heavy atom. The third-order valence-corrected chi connectivity index (χ3v) is 4.26. The van der Waals surface area contributed by atoms with Gasteiger partial charge in [-0.1, -0.05) is 12.8 Å². The SMILES string of the molecule is Cc1nn(C)c2ncc(NC(=O)CC3(N)CCCC3)cc12. The standard InChI is InChI=1S/C15H21N5O/c1-10-12-7-11(9-17-14(12)20(2)19-10)18-13(21)8-15(16)5-3-4-6-15/h7,9H,3-6,8,16H2,1-2H3,(H,18,21). The molecule has 1 saturated carbocycles. The molecule has 2 heterocycles. The monoisotopic (exact) mass is 287 g/mol. The Bertz CT molecular complexity index is 685. The lowest BCUT2D eigenvalue weighted by molar-refractivity contribution is -0.117. The molecule has 0 aromatic carbocycles. The summed E-state index contributed by atoms with van der Waals surface area (Å²) in [5.41, 5.74) is 8.33. The van der Waals surface area contributed by atoms with Crippen LogP contribution < -0.4 is 11.1 Å². The van der Waals surface area contributed by atoms with Gasteiger partial charge in [-0.05, 0) is 25.8 Å². The number of pyridine rings is 1. The second-order valence-electron chi connectivity index (χ2n) is 6.10. The molecule has 0 aliphatic heterocycles. The first-order valence-corrected chi connectivity index (χ1v) is 7.35. The summed E-state index contributed by atoms with van der Waals surface area (Å²) in [5, 5.41) is 8.19. The smallest absolute Gasteiger partial charge is 0.226 e. The van der Waals surface area contributed by atoms with Crippen molar-refractivity contribution < 1.29 is 4.79 Å². The molecule has 0 atom stereocenters. The van der Waals surface area contributed by atoms with E-state index in [1.807, 2.05) is 20.0 Å². The topological polar surface area (TPSA) is 85.8 Å². The molecule has 6 nitrogen and oxygen atoms in total. The molecule has 1 aliphatic rings. The van der Waals surface area contributed by atoms with Gasteiger partial charge < -0.3 is 11.1 Å². The van der Waals surface area contributed by atoms with E-state index in [1.54, 1.807) is 10.9 Å². The molecule has 3 N–H and O–H groups in total. The van der Waals surface area contributed by atoms with Gasteiger partial charge in [0.15, 0.2) is 5.65 Å². The van der Waals surface area contributed by atoms with Gasteiger partial charge in [0.1, 0.15) is 0 Å². The third-order valence-electron chi connectivity index (χ3n) is 4.26. The zero-order valence-corrected chi connectivity index (χ0v) is 12.5. The average Bonchev–Trinajstić information content (AvgIpc) is 2.95. The average molecular weight is 287 g/mol. The van der Waals surface area contributed by atoms with Crippen molar-refractivity contribution in [2.75, 3.05) is 5.32 Å². The lowest BCUT2D eigenvalue weighted by atomic mass is 9.94. The van der Waals surface area contributed by atoms with Gasteiger partial charge in [0.2, 0.25) is 5.91 Å². The number of nitrogens with two attached hydrogens (primary N) is 1. The van der Waals surface area contributed by atoms with Crippen LogP contribution in [0.25, 0.3) is 11.0 Å². The van der Waals surface area contributed by atoms with Gasteiger partial charge in [0.05, 0.1) is 17.6 Å². The zero-order chi connectivity index (χ0) is 15.0. The van der Waals surface area contributed by atoms with Crippen LogP contribution in [0, 0.1) is 6.92 Å². The zero-order valence-electron chi connectivity index (χ0n) is 12.5. The molecule has 6 heteroatoms. The molecule has 21 heavy (non-hydrogen) atoms. The summed E-state index contributed by atoms with van der Waals surface area (Å²) < 4.78 is 1.74. The molecule has 0 bridgehead atoms. The molecule has 1 aliphatic carbocycles. The van der Waals surface area contributed by atoms with Crippen molar-refractivity contribution in [1.29, 1.82) is 0 Å². The number of amides is 1. The van der Waals surface area contributed by atoms with E-state index in [4.69, 9.17) is 5.73 Å². The number of aromatic nitrogens is 3. The molecular weight excluding hydrogens is 266 g/mol. The first-order valence-electron chi connectivity index (χ1n) is 7.35. The summed E-state index contributed by atoms with van der Waals surface area (Å²) in [6.07, 6.45) is 6.13. The Kier molecular flexibility index (Phi) is 3.41. The number of anilines is 1. The minimum Gasteiger partial charge on any atom is -0.325 e. The van der Waals surface area contributed by atoms with Crippen molar-refractivity contribution in [2.45, 2.75) is 44.6 Å². The number of nitrogens with zero attached hydrogens (tertiary/aromatic N) is 3. The Hall–Kier alpha value is -1.95. The van der Waals surface area contributed by atoms with Crippen LogP contribution in [-0.2, 0) is 11.8 Å². The summed E-state index contributed by atoms with van der Waals surface area (Å²) in [4.78, 5) is 16.5. The third kappa shape index (κ3) is 2.76. The van der Waals surface area contributed by atoms with Crippen molar-refractivity contribution >= 4 is 22.6 Å². The molecule has 1 fully saturated rings. The molecule has 3 rings (SSSR count). The summed E-state index contributed by atoms with van der Waals surface area (Å²) in [6, 6.07) is 1.92. The fourth-order valence-electron chi connectivity index (χ4n) is 3.16. The van der Waals surface area contributed by atoms with E-state index in [1.165, 1.54) is 0 Å². The molecule has 0 unspecified atom stereocenters. The van der Waals surface area contributed by atoms with Crippen molar-refractivity contribution in [3.8, 4) is 0 Å². The lowest BCUT2D eigenvalue weighted by Crippen LogP contribution is -2.40. The van der Waals surface area contributed by atoms with Crippen LogP contribution in [0.4, 0.5) is 5.69 Å². The predicted molar refractivity (Wildman–Crippen MR) is 81.9 cm³/mol. The number of hydrogen-bond donors (Lipinski definition) is 2. The fraction of sp³-hybridized carbons (Fsp3) is 0.533. The van der Waals surface area contributed by atoms with E-state index in [0.717, 1.165) is 42.4 Å². The van der Waals surface area contributed by atoms with E-state index < -0.39 is 0 Å². The van der Waals surface area contributed by atoms with E-state index in [9.17, 15) is 4.79 Å². The van der Waals surface area contributed by atoms with Gasteiger partial charge in [-0.25, -0.2) is 4.98 Å². The van der Waals surface area contributed by atoms with E-state index in [0.29, 0.717) is 12.1 Å². The molecule has 0 radical (unpaired) electrons. The van der Waals surface area contributed by atoms with Gasteiger partial charge in [-0.3, -0.25) is 9.48 Å². The quantitative estimate of drug-likeness (QED) is 0.902. The summed E-state index contributed by atoms with van der Waals surface area (Å²) in [5.74, 6) is -0.0397. The van der Waals surface area contributed by atoms with Crippen LogP contribution in [0.1, 0.15) is 37.8 Å². The van der Waals surface area contributed by atoms with Gasteiger partial charge in [0.25, 0.3) is 0 Å². The van der Waals surface area contributed by atoms with Gasteiger partial charge in [0, 0.05) is 24.4 Å². The molecule has 2 aromatic rings. The number of rotatable bonds is 3. The van der Waals surface area contributed by atoms with Crippen LogP contribution in [-0.4, -0.2) is 26.2 Å². The highest BCUT2D eigenvalue weighted by Crippen LogP contribution is 2.30. The number of fused-ring (bicyclic) bond motifs is 1. The molecule has 112 valence electrons. The van der Waals surface area contributed by atoms with E-state index in [2.05, 4.69) is 15.4 Å². The first-order chi connectivity index (χ1) is 9.97. The van der Waals surface area contributed by atoms with Crippen molar-refractivity contribution in [3.05, 3.63) is 18.0 Å². The Labute approximate surface area is 123 Å². The number of carbonyl (C=O) groups excluding carboxylic acids is 1. The number of aryl methyl sites for hydroxylation is 2. The highest BCUT2D eigenvalue weighted by molar-refractivity contribution is 5.93. The van der Waals surface area contributed by atoms with Crippen molar-refractivity contribution in [3.63, 3.8) is 0 Å². The Morgan fingerprint density at radius 1 is 1.48 bits per heavy atom. The normalized spacial score (nSPS) is 17.3. The molecule has 1 amide bonds. The predicted octanol–water partition coefficient (Wildman–Crippen LogP) is 1.88. The largest absolute Gasteiger partial charge is 0.325 e. The van der Waals surface area contributed by atoms with Crippen LogP contribution in [0.15, 0.2) is 12.3 Å². The summed E-state index contributed by atoms with van der Waals surface area (Å²) in [7, 11) is 1.86. The van der Waals surface area contributed by atoms with Crippen LogP contribution in [0.5, 0.6) is 0 Å². The number of carbonyl (C=O) groups is 1. The van der Waals surface area contributed by atoms with Crippen LogP contribution in [0.3, 0.4) is 0 Å². The van der Waals surface area contributed by atoms with Gasteiger partial charge >= 0.3 is 0 Å². The Balaban J connectivity index is 1.75. The summed E-state index contributed by atoms with van der Waals surface area (Å²) >= 11 is 0. The molecular formula is C15H21N5O. The number of hydrogen-bond acceptors (Lipinski definition) is 4. The van der Waals surface area contributed by atoms with Crippen LogP contribution in [0.2, 0.25) is 0 Å². The van der Waals surface area contributed by atoms with E-state index in [-0.39, 0.29) is 11.4 Å². The first kappa shape index (κ1) is 14.0. The minimum absolute atomic E-state index is 0.0397.